The number of nitro benzene ring substituents is 1. The minimum Gasteiger partial charge on any atom is -0.279 e. The summed E-state index contributed by atoms with van der Waals surface area (Å²) in [5.41, 5.74) is -0.0191. The molecule has 0 aliphatic carbocycles. The number of halogens is 1. The van der Waals surface area contributed by atoms with E-state index in [2.05, 4.69) is 20.7 Å². The summed E-state index contributed by atoms with van der Waals surface area (Å²) in [7, 11) is -3.76. The van der Waals surface area contributed by atoms with Crippen LogP contribution in [0.25, 0.3) is 0 Å². The van der Waals surface area contributed by atoms with E-state index in [0.717, 1.165) is 0 Å². The molecule has 0 amide bonds. The molecule has 0 fully saturated rings. The molecular formula is C11H9BrN2O4S2. The largest absolute Gasteiger partial charge is 0.279 e. The highest BCUT2D eigenvalue weighted by molar-refractivity contribution is 9.11. The molecule has 9 heteroatoms. The Bertz CT molecular complexity index is 770. The summed E-state index contributed by atoms with van der Waals surface area (Å²) < 4.78 is 27.5. The van der Waals surface area contributed by atoms with Gasteiger partial charge in [0.2, 0.25) is 0 Å². The van der Waals surface area contributed by atoms with Crippen LogP contribution >= 0.6 is 27.3 Å². The first kappa shape index (κ1) is 14.9. The topological polar surface area (TPSA) is 89.3 Å². The van der Waals surface area contributed by atoms with Gasteiger partial charge in [-0.3, -0.25) is 14.8 Å². The first-order valence-electron chi connectivity index (χ1n) is 5.33. The Morgan fingerprint density at radius 3 is 2.60 bits per heavy atom. The molecule has 0 radical (unpaired) electrons. The normalized spacial score (nSPS) is 11.3. The molecule has 2 aromatic rings. The van der Waals surface area contributed by atoms with Crippen molar-refractivity contribution in [2.45, 2.75) is 11.8 Å². The van der Waals surface area contributed by atoms with Crippen molar-refractivity contribution in [3.05, 3.63) is 49.1 Å². The number of thiophene rings is 1. The van der Waals surface area contributed by atoms with E-state index in [1.807, 2.05) is 0 Å². The van der Waals surface area contributed by atoms with Crippen molar-refractivity contribution in [3.63, 3.8) is 0 Å². The number of nitrogens with zero attached hydrogens (tertiary/aromatic N) is 1. The van der Waals surface area contributed by atoms with Crippen LogP contribution in [0.4, 0.5) is 11.4 Å². The monoisotopic (exact) mass is 376 g/mol. The molecule has 0 unspecified atom stereocenters. The minimum absolute atomic E-state index is 0.154. The van der Waals surface area contributed by atoms with Gasteiger partial charge in [-0.1, -0.05) is 6.07 Å². The van der Waals surface area contributed by atoms with E-state index in [0.29, 0.717) is 8.66 Å². The lowest BCUT2D eigenvalue weighted by Gasteiger charge is -2.07. The summed E-state index contributed by atoms with van der Waals surface area (Å²) in [6.45, 7) is 1.69. The summed E-state index contributed by atoms with van der Waals surface area (Å²) in [6, 6.07) is 6.85. The summed E-state index contributed by atoms with van der Waals surface area (Å²) >= 11 is 4.53. The summed E-state index contributed by atoms with van der Waals surface area (Å²) in [5, 5.41) is 10.7. The van der Waals surface area contributed by atoms with Crippen LogP contribution in [-0.2, 0) is 10.0 Å². The maximum absolute atomic E-state index is 12.2. The predicted molar refractivity (Wildman–Crippen MR) is 80.7 cm³/mol. The van der Waals surface area contributed by atoms with E-state index < -0.39 is 14.9 Å². The van der Waals surface area contributed by atoms with Crippen molar-refractivity contribution in [1.29, 1.82) is 0 Å². The second-order valence-corrected chi connectivity index (χ2v) is 8.17. The molecule has 2 rings (SSSR count). The van der Waals surface area contributed by atoms with E-state index in [-0.39, 0.29) is 16.3 Å². The maximum atomic E-state index is 12.2. The molecule has 6 nitrogen and oxygen atoms in total. The molecule has 0 saturated heterocycles. The second kappa shape index (κ2) is 5.51. The third-order valence-electron chi connectivity index (χ3n) is 2.44. The summed E-state index contributed by atoms with van der Waals surface area (Å²) in [4.78, 5) is 10.9. The van der Waals surface area contributed by atoms with Crippen LogP contribution in [0.5, 0.6) is 0 Å². The molecule has 0 aliphatic rings. The lowest BCUT2D eigenvalue weighted by molar-refractivity contribution is -0.384. The lowest BCUT2D eigenvalue weighted by atomic mass is 10.3. The first-order valence-corrected chi connectivity index (χ1v) is 8.42. The number of hydrogen-bond acceptors (Lipinski definition) is 5. The average molecular weight is 377 g/mol. The number of rotatable bonds is 4. The van der Waals surface area contributed by atoms with Gasteiger partial charge >= 0.3 is 0 Å². The Morgan fingerprint density at radius 1 is 1.35 bits per heavy atom. The third-order valence-corrected chi connectivity index (χ3v) is 5.63. The maximum Gasteiger partial charge on any atom is 0.271 e. The third kappa shape index (κ3) is 3.17. The number of sulfonamides is 1. The molecule has 0 atom stereocenters. The number of nitro groups is 1. The average Bonchev–Trinajstić information content (AvgIpc) is 2.69. The Balaban J connectivity index is 2.36. The van der Waals surface area contributed by atoms with E-state index in [1.54, 1.807) is 6.92 Å². The zero-order chi connectivity index (χ0) is 14.9. The van der Waals surface area contributed by atoms with Gasteiger partial charge in [0, 0.05) is 17.0 Å². The number of benzene rings is 1. The Hall–Kier alpha value is -1.45. The van der Waals surface area contributed by atoms with Crippen LogP contribution in [-0.4, -0.2) is 13.3 Å². The van der Waals surface area contributed by atoms with Crippen LogP contribution < -0.4 is 4.72 Å². The van der Waals surface area contributed by atoms with Gasteiger partial charge in [0.15, 0.2) is 0 Å². The Labute approximate surface area is 127 Å². The highest BCUT2D eigenvalue weighted by atomic mass is 79.9. The quantitative estimate of drug-likeness (QED) is 0.652. The fourth-order valence-corrected chi connectivity index (χ4v) is 5.06. The fourth-order valence-electron chi connectivity index (χ4n) is 1.59. The highest BCUT2D eigenvalue weighted by Crippen LogP contribution is 2.31. The molecule has 0 saturated carbocycles. The fraction of sp³-hybridized carbons (Fsp3) is 0.0909. The summed E-state index contributed by atoms with van der Waals surface area (Å²) in [6.07, 6.45) is 0. The molecule has 0 aliphatic heterocycles. The number of non-ortho nitro benzene ring substituents is 1. The van der Waals surface area contributed by atoms with Crippen molar-refractivity contribution in [1.82, 2.24) is 0 Å². The van der Waals surface area contributed by atoms with Gasteiger partial charge in [0.25, 0.3) is 15.7 Å². The van der Waals surface area contributed by atoms with Gasteiger partial charge in [-0.25, -0.2) is 8.42 Å². The van der Waals surface area contributed by atoms with E-state index in [1.165, 1.54) is 41.7 Å². The minimum atomic E-state index is -3.76. The van der Waals surface area contributed by atoms with Crippen molar-refractivity contribution >= 4 is 48.7 Å². The standard InChI is InChI=1S/C11H9BrN2O4S2/c1-7-10(6-11(12)19-7)20(17,18)13-8-3-2-4-9(5-8)14(15)16/h2-6,13H,1H3. The van der Waals surface area contributed by atoms with Crippen molar-refractivity contribution in [2.75, 3.05) is 4.72 Å². The van der Waals surface area contributed by atoms with Crippen molar-refractivity contribution in [2.24, 2.45) is 0 Å². The molecule has 1 aromatic carbocycles. The number of nitrogens with one attached hydrogen (secondary N) is 1. The number of hydrogen-bond donors (Lipinski definition) is 1. The van der Waals surface area contributed by atoms with Gasteiger partial charge in [0.05, 0.1) is 14.4 Å². The van der Waals surface area contributed by atoms with Gasteiger partial charge in [-0.2, -0.15) is 0 Å². The SMILES string of the molecule is Cc1sc(Br)cc1S(=O)(=O)Nc1cccc([N+](=O)[O-])c1. The molecule has 1 heterocycles. The molecule has 0 spiro atoms. The van der Waals surface area contributed by atoms with Crippen LogP contribution in [0.15, 0.2) is 39.0 Å². The highest BCUT2D eigenvalue weighted by Gasteiger charge is 2.20. The Kier molecular flexibility index (Phi) is 4.11. The number of aryl methyl sites for hydroxylation is 1. The van der Waals surface area contributed by atoms with E-state index in [4.69, 9.17) is 0 Å². The van der Waals surface area contributed by atoms with Crippen LogP contribution in [0.2, 0.25) is 0 Å². The van der Waals surface area contributed by atoms with Gasteiger partial charge < -0.3 is 0 Å². The second-order valence-electron chi connectivity index (χ2n) is 3.88. The zero-order valence-corrected chi connectivity index (χ0v) is 13.4. The van der Waals surface area contributed by atoms with E-state index >= 15 is 0 Å². The smallest absolute Gasteiger partial charge is 0.271 e. The van der Waals surface area contributed by atoms with Crippen molar-refractivity contribution < 1.29 is 13.3 Å². The Morgan fingerprint density at radius 2 is 2.05 bits per heavy atom. The summed E-state index contributed by atoms with van der Waals surface area (Å²) in [5.74, 6) is 0. The van der Waals surface area contributed by atoms with Crippen LogP contribution in [0.3, 0.4) is 0 Å². The van der Waals surface area contributed by atoms with Gasteiger partial charge in [-0.05, 0) is 35.0 Å². The number of anilines is 1. The molecule has 106 valence electrons. The predicted octanol–water partition coefficient (Wildman–Crippen LogP) is 3.53. The zero-order valence-electron chi connectivity index (χ0n) is 10.2. The van der Waals surface area contributed by atoms with Crippen LogP contribution in [0, 0.1) is 17.0 Å². The lowest BCUT2D eigenvalue weighted by Crippen LogP contribution is -2.13. The molecule has 20 heavy (non-hydrogen) atoms. The van der Waals surface area contributed by atoms with Crippen molar-refractivity contribution in [3.8, 4) is 0 Å². The van der Waals surface area contributed by atoms with Crippen LogP contribution in [0.1, 0.15) is 4.88 Å². The molecule has 1 aromatic heterocycles. The van der Waals surface area contributed by atoms with E-state index in [9.17, 15) is 18.5 Å². The van der Waals surface area contributed by atoms with Gasteiger partial charge in [-0.15, -0.1) is 11.3 Å². The first-order chi connectivity index (χ1) is 9.29. The molecular weight excluding hydrogens is 368 g/mol. The van der Waals surface area contributed by atoms with Gasteiger partial charge in [0.1, 0.15) is 4.90 Å². The molecule has 0 bridgehead atoms. The molecule has 1 N–H and O–H groups in total.